The van der Waals surface area contributed by atoms with Crippen LogP contribution in [0.3, 0.4) is 0 Å². The van der Waals surface area contributed by atoms with Gasteiger partial charge in [-0.3, -0.25) is 0 Å². The maximum atomic E-state index is 3.66. The van der Waals surface area contributed by atoms with E-state index >= 15 is 0 Å². The monoisotopic (exact) mass is 166 g/mol. The maximum Gasteiger partial charge on any atom is -0.0140 e. The Hall–Kier alpha value is 0. The fourth-order valence-electron chi connectivity index (χ4n) is 1.99. The first kappa shape index (κ1) is 10.1. The Balaban J connectivity index is 1.91. The Kier molecular flexibility index (Phi) is 5.47. The van der Waals surface area contributed by atoms with E-state index in [1.165, 1.54) is 57.8 Å². The Morgan fingerprint density at radius 3 is 2.50 bits per heavy atom. The second-order valence-electron chi connectivity index (χ2n) is 4.00. The van der Waals surface area contributed by atoms with Gasteiger partial charge in [-0.05, 0) is 31.6 Å². The van der Waals surface area contributed by atoms with Crippen LogP contribution in [0, 0.1) is 12.3 Å². The van der Waals surface area contributed by atoms with Crippen molar-refractivity contribution in [3.05, 3.63) is 6.42 Å². The molecule has 0 N–H and O–H groups in total. The molecule has 0 aromatic carbocycles. The van der Waals surface area contributed by atoms with Crippen molar-refractivity contribution in [3.8, 4) is 0 Å². The Bertz CT molecular complexity index is 90.2. The molecular weight excluding hydrogens is 144 g/mol. The average molecular weight is 166 g/mol. The highest BCUT2D eigenvalue weighted by Crippen LogP contribution is 2.27. The number of hydrogen-bond acceptors (Lipinski definition) is 0. The van der Waals surface area contributed by atoms with Crippen LogP contribution < -0.4 is 0 Å². The molecule has 0 amide bonds. The van der Waals surface area contributed by atoms with Gasteiger partial charge in [-0.25, -0.2) is 0 Å². The molecule has 1 rings (SSSR count). The lowest BCUT2D eigenvalue weighted by Crippen LogP contribution is -2.06. The second kappa shape index (κ2) is 6.51. The summed E-state index contributed by atoms with van der Waals surface area (Å²) in [7, 11) is 0. The van der Waals surface area contributed by atoms with E-state index in [0.717, 1.165) is 5.92 Å². The molecule has 0 nitrogen and oxygen atoms in total. The molecule has 0 aromatic heterocycles. The lowest BCUT2D eigenvalue weighted by Gasteiger charge is -2.20. The molecule has 0 heterocycles. The summed E-state index contributed by atoms with van der Waals surface area (Å²) in [5, 5.41) is 0. The van der Waals surface area contributed by atoms with Crippen molar-refractivity contribution in [2.24, 2.45) is 5.92 Å². The first-order chi connectivity index (χ1) is 5.93. The Morgan fingerprint density at radius 2 is 1.83 bits per heavy atom. The molecule has 12 heavy (non-hydrogen) atoms. The summed E-state index contributed by atoms with van der Waals surface area (Å²) in [6.45, 7) is 2.26. The molecule has 0 bridgehead atoms. The number of hydrogen-bond donors (Lipinski definition) is 0. The van der Waals surface area contributed by atoms with Gasteiger partial charge < -0.3 is 0 Å². The van der Waals surface area contributed by atoms with Crippen molar-refractivity contribution in [2.75, 3.05) is 0 Å². The van der Waals surface area contributed by atoms with E-state index in [2.05, 4.69) is 13.3 Å². The largest absolute Gasteiger partial charge is 0.0654 e. The molecule has 0 aliphatic heterocycles. The molecule has 1 saturated carbocycles. The normalized spacial score (nSPS) is 19.8. The van der Waals surface area contributed by atoms with Gasteiger partial charge >= 0.3 is 0 Å². The standard InChI is InChI=1S/C12H22/c1-2-3-4-6-9-12-10-7-5-8-11-12/h12H,2-8,10-11H2,1H3. The molecule has 0 heteroatoms. The first-order valence-corrected chi connectivity index (χ1v) is 5.67. The maximum absolute atomic E-state index is 3.66. The predicted molar refractivity (Wildman–Crippen MR) is 54.0 cm³/mol. The summed E-state index contributed by atoms with van der Waals surface area (Å²) in [4.78, 5) is 0. The van der Waals surface area contributed by atoms with E-state index in [1.54, 1.807) is 0 Å². The fourth-order valence-corrected chi connectivity index (χ4v) is 1.99. The van der Waals surface area contributed by atoms with E-state index < -0.39 is 0 Å². The van der Waals surface area contributed by atoms with Gasteiger partial charge in [0, 0.05) is 0 Å². The third-order valence-electron chi connectivity index (χ3n) is 2.82. The highest BCUT2D eigenvalue weighted by molar-refractivity contribution is 4.78. The minimum Gasteiger partial charge on any atom is -0.0654 e. The van der Waals surface area contributed by atoms with Crippen LogP contribution in [0.1, 0.15) is 64.7 Å². The van der Waals surface area contributed by atoms with Gasteiger partial charge in [0.05, 0.1) is 0 Å². The zero-order chi connectivity index (χ0) is 8.65. The third kappa shape index (κ3) is 4.13. The SMILES string of the molecule is CCCCC[C]C1CCCCC1. The first-order valence-electron chi connectivity index (χ1n) is 5.67. The van der Waals surface area contributed by atoms with Crippen LogP contribution in [-0.2, 0) is 0 Å². The van der Waals surface area contributed by atoms with Gasteiger partial charge in [-0.15, -0.1) is 0 Å². The highest BCUT2D eigenvalue weighted by Gasteiger charge is 2.12. The zero-order valence-corrected chi connectivity index (χ0v) is 8.44. The zero-order valence-electron chi connectivity index (χ0n) is 8.44. The van der Waals surface area contributed by atoms with Crippen LogP contribution in [0.2, 0.25) is 0 Å². The van der Waals surface area contributed by atoms with Crippen LogP contribution in [-0.4, -0.2) is 0 Å². The van der Waals surface area contributed by atoms with Crippen molar-refractivity contribution in [3.63, 3.8) is 0 Å². The molecule has 1 fully saturated rings. The Morgan fingerprint density at radius 1 is 1.08 bits per heavy atom. The minimum atomic E-state index is 0.857. The predicted octanol–water partition coefficient (Wildman–Crippen LogP) is 4.23. The summed E-state index contributed by atoms with van der Waals surface area (Å²) >= 11 is 0. The fraction of sp³-hybridized carbons (Fsp3) is 0.917. The Labute approximate surface area is 77.7 Å². The van der Waals surface area contributed by atoms with Crippen molar-refractivity contribution in [1.82, 2.24) is 0 Å². The van der Waals surface area contributed by atoms with E-state index in [0.29, 0.717) is 0 Å². The number of rotatable bonds is 5. The lowest BCUT2D eigenvalue weighted by atomic mass is 9.85. The summed E-state index contributed by atoms with van der Waals surface area (Å²) in [6, 6.07) is 0. The smallest absolute Gasteiger partial charge is 0.0140 e. The molecule has 1 aliphatic rings. The average Bonchev–Trinajstić information content (AvgIpc) is 2.14. The molecule has 1 aliphatic carbocycles. The molecule has 0 atom stereocenters. The van der Waals surface area contributed by atoms with Crippen molar-refractivity contribution >= 4 is 0 Å². The van der Waals surface area contributed by atoms with Crippen LogP contribution in [0.5, 0.6) is 0 Å². The van der Waals surface area contributed by atoms with E-state index in [-0.39, 0.29) is 0 Å². The quantitative estimate of drug-likeness (QED) is 0.536. The van der Waals surface area contributed by atoms with Crippen LogP contribution >= 0.6 is 0 Å². The van der Waals surface area contributed by atoms with Crippen molar-refractivity contribution in [2.45, 2.75) is 64.7 Å². The van der Waals surface area contributed by atoms with Gasteiger partial charge in [0.15, 0.2) is 0 Å². The summed E-state index contributed by atoms with van der Waals surface area (Å²) in [5.74, 6) is 0.857. The molecule has 0 aromatic rings. The van der Waals surface area contributed by atoms with Gasteiger partial charge in [0.25, 0.3) is 0 Å². The summed E-state index contributed by atoms with van der Waals surface area (Å²) < 4.78 is 0. The minimum absolute atomic E-state index is 0.857. The third-order valence-corrected chi connectivity index (χ3v) is 2.82. The van der Waals surface area contributed by atoms with Crippen LogP contribution in [0.4, 0.5) is 0 Å². The summed E-state index contributed by atoms with van der Waals surface area (Å²) in [6.07, 6.45) is 16.2. The molecular formula is C12H22. The highest BCUT2D eigenvalue weighted by atomic mass is 14.2. The van der Waals surface area contributed by atoms with Gasteiger partial charge in [0.2, 0.25) is 0 Å². The second-order valence-corrected chi connectivity index (χ2v) is 4.00. The molecule has 0 saturated heterocycles. The topological polar surface area (TPSA) is 0 Å². The molecule has 2 radical (unpaired) electrons. The molecule has 70 valence electrons. The molecule has 0 unspecified atom stereocenters. The van der Waals surface area contributed by atoms with E-state index in [4.69, 9.17) is 0 Å². The summed E-state index contributed by atoms with van der Waals surface area (Å²) in [5.41, 5.74) is 0. The van der Waals surface area contributed by atoms with Crippen molar-refractivity contribution in [1.29, 1.82) is 0 Å². The molecule has 0 spiro atoms. The van der Waals surface area contributed by atoms with Gasteiger partial charge in [0.1, 0.15) is 0 Å². The van der Waals surface area contributed by atoms with Gasteiger partial charge in [-0.1, -0.05) is 45.4 Å². The van der Waals surface area contributed by atoms with Crippen LogP contribution in [0.15, 0.2) is 0 Å². The van der Waals surface area contributed by atoms with Gasteiger partial charge in [-0.2, -0.15) is 0 Å². The van der Waals surface area contributed by atoms with E-state index in [9.17, 15) is 0 Å². The van der Waals surface area contributed by atoms with E-state index in [1.807, 2.05) is 0 Å². The lowest BCUT2D eigenvalue weighted by molar-refractivity contribution is 0.387. The van der Waals surface area contributed by atoms with Crippen LogP contribution in [0.25, 0.3) is 0 Å². The number of unbranched alkanes of at least 4 members (excludes halogenated alkanes) is 3. The van der Waals surface area contributed by atoms with Crippen molar-refractivity contribution < 1.29 is 0 Å².